The lowest BCUT2D eigenvalue weighted by Crippen LogP contribution is -2.45. The Morgan fingerprint density at radius 3 is 2.22 bits per heavy atom. The van der Waals surface area contributed by atoms with Crippen molar-refractivity contribution in [3.05, 3.63) is 35.9 Å². The second-order valence-electron chi connectivity index (χ2n) is 8.40. The van der Waals surface area contributed by atoms with E-state index in [1.807, 2.05) is 4.90 Å². The number of hydrogen-bond acceptors (Lipinski definition) is 5. The predicted octanol–water partition coefficient (Wildman–Crippen LogP) is 2.55. The minimum Gasteiger partial charge on any atom is -0.475 e. The van der Waals surface area contributed by atoms with E-state index in [-0.39, 0.29) is 17.4 Å². The van der Waals surface area contributed by atoms with Gasteiger partial charge in [0.25, 0.3) is 0 Å². The monoisotopic (exact) mass is 458 g/mol. The Morgan fingerprint density at radius 1 is 1.06 bits per heavy atom. The molecule has 0 radical (unpaired) electrons. The molecule has 1 N–H and O–H groups in total. The van der Waals surface area contributed by atoms with Crippen molar-refractivity contribution in [3.63, 3.8) is 0 Å². The second kappa shape index (κ2) is 10.6. The maximum absolute atomic E-state index is 12.7. The fraction of sp³-hybridized carbons (Fsp3) is 0.636. The molecule has 10 heteroatoms. The molecule has 1 amide bonds. The molecule has 3 fully saturated rings. The van der Waals surface area contributed by atoms with E-state index in [1.165, 1.54) is 5.56 Å². The topological polar surface area (TPSA) is 79.3 Å². The van der Waals surface area contributed by atoms with Gasteiger partial charge in [-0.25, -0.2) is 4.79 Å². The van der Waals surface area contributed by atoms with E-state index in [2.05, 4.69) is 35.2 Å². The maximum atomic E-state index is 12.7. The van der Waals surface area contributed by atoms with Crippen LogP contribution in [0.3, 0.4) is 0 Å². The lowest BCUT2D eigenvalue weighted by molar-refractivity contribution is -0.192. The van der Waals surface area contributed by atoms with Crippen LogP contribution in [0.15, 0.2) is 30.3 Å². The van der Waals surface area contributed by atoms with E-state index in [0.717, 1.165) is 52.0 Å². The van der Waals surface area contributed by atoms with Crippen LogP contribution in [0.4, 0.5) is 13.2 Å². The summed E-state index contributed by atoms with van der Waals surface area (Å²) < 4.78 is 43.3. The number of rotatable bonds is 3. The molecule has 1 aromatic rings. The van der Waals surface area contributed by atoms with Crippen LogP contribution in [0.5, 0.6) is 0 Å². The van der Waals surface area contributed by atoms with Crippen LogP contribution in [0.2, 0.25) is 0 Å². The normalized spacial score (nSPS) is 23.5. The molecule has 1 unspecified atom stereocenters. The molecule has 3 heterocycles. The summed E-state index contributed by atoms with van der Waals surface area (Å²) in [4.78, 5) is 26.1. The Bertz CT molecular complexity index is 761. The van der Waals surface area contributed by atoms with Gasteiger partial charge in [-0.1, -0.05) is 30.3 Å². The fourth-order valence-electron chi connectivity index (χ4n) is 4.35. The highest BCUT2D eigenvalue weighted by Gasteiger charge is 2.45. The number of ether oxygens (including phenoxy) is 2. The fourth-order valence-corrected chi connectivity index (χ4v) is 4.35. The molecule has 178 valence electrons. The van der Waals surface area contributed by atoms with Crippen molar-refractivity contribution >= 4 is 11.9 Å². The number of amides is 1. The summed E-state index contributed by atoms with van der Waals surface area (Å²) >= 11 is 0. The first-order chi connectivity index (χ1) is 15.2. The van der Waals surface area contributed by atoms with Gasteiger partial charge in [-0.05, 0) is 24.8 Å². The first-order valence-corrected chi connectivity index (χ1v) is 10.8. The van der Waals surface area contributed by atoms with Crippen molar-refractivity contribution in [2.75, 3.05) is 46.0 Å². The highest BCUT2D eigenvalue weighted by molar-refractivity contribution is 5.79. The van der Waals surface area contributed by atoms with E-state index < -0.39 is 12.1 Å². The highest BCUT2D eigenvalue weighted by Crippen LogP contribution is 2.39. The molecule has 0 bridgehead atoms. The number of carbonyl (C=O) groups is 2. The highest BCUT2D eigenvalue weighted by atomic mass is 19.4. The third-order valence-electron chi connectivity index (χ3n) is 6.14. The van der Waals surface area contributed by atoms with Crippen molar-refractivity contribution in [1.82, 2.24) is 9.80 Å². The summed E-state index contributed by atoms with van der Waals surface area (Å²) in [6, 6.07) is 10.6. The van der Waals surface area contributed by atoms with E-state index in [4.69, 9.17) is 19.4 Å². The van der Waals surface area contributed by atoms with Crippen LogP contribution >= 0.6 is 0 Å². The number of morpholine rings is 1. The Morgan fingerprint density at radius 2 is 1.66 bits per heavy atom. The third kappa shape index (κ3) is 6.66. The Labute approximate surface area is 185 Å². The van der Waals surface area contributed by atoms with Gasteiger partial charge in [0.1, 0.15) is 0 Å². The van der Waals surface area contributed by atoms with Gasteiger partial charge in [-0.2, -0.15) is 13.2 Å². The smallest absolute Gasteiger partial charge is 0.475 e. The molecule has 1 aromatic carbocycles. The van der Waals surface area contributed by atoms with Crippen molar-refractivity contribution < 1.29 is 37.3 Å². The van der Waals surface area contributed by atoms with Gasteiger partial charge in [0.15, 0.2) is 0 Å². The molecule has 1 atom stereocenters. The van der Waals surface area contributed by atoms with Crippen LogP contribution in [-0.2, 0) is 25.6 Å². The molecule has 0 aromatic heterocycles. The van der Waals surface area contributed by atoms with Gasteiger partial charge in [0.2, 0.25) is 5.91 Å². The first-order valence-electron chi connectivity index (χ1n) is 10.8. The summed E-state index contributed by atoms with van der Waals surface area (Å²) in [6.45, 7) is 6.49. The van der Waals surface area contributed by atoms with Gasteiger partial charge in [-0.3, -0.25) is 9.69 Å². The van der Waals surface area contributed by atoms with Crippen molar-refractivity contribution in [2.24, 2.45) is 5.92 Å². The number of likely N-dealkylation sites (tertiary alicyclic amines) is 1. The lowest BCUT2D eigenvalue weighted by atomic mass is 9.85. The van der Waals surface area contributed by atoms with Gasteiger partial charge in [0, 0.05) is 32.7 Å². The van der Waals surface area contributed by atoms with Gasteiger partial charge in [0.05, 0.1) is 31.3 Å². The van der Waals surface area contributed by atoms with E-state index >= 15 is 0 Å². The molecule has 7 nitrogen and oxygen atoms in total. The quantitative estimate of drug-likeness (QED) is 0.750. The summed E-state index contributed by atoms with van der Waals surface area (Å²) in [6.07, 6.45) is -2.12. The summed E-state index contributed by atoms with van der Waals surface area (Å²) in [5.41, 5.74) is 1.30. The standard InChI is InChI=1S/C20H28N2O3.C2HF3O2/c23-19(22-10-12-24-13-11-22)18-14-20(25-16-18)6-8-21(9-7-20)15-17-4-2-1-3-5-17;3-2(4,5)1(6)7/h1-5,18H,6-16H2;(H,6,7). The first kappa shape index (κ1) is 24.5. The number of aliphatic carboxylic acids is 1. The third-order valence-corrected chi connectivity index (χ3v) is 6.14. The second-order valence-corrected chi connectivity index (χ2v) is 8.40. The lowest BCUT2D eigenvalue weighted by Gasteiger charge is -2.39. The van der Waals surface area contributed by atoms with Gasteiger partial charge >= 0.3 is 12.1 Å². The molecule has 3 aliphatic heterocycles. The molecule has 0 saturated carbocycles. The Hall–Kier alpha value is -2.17. The number of carboxylic acid groups (broad SMARTS) is 1. The molecule has 3 saturated heterocycles. The minimum absolute atomic E-state index is 0.0405. The molecule has 1 spiro atoms. The zero-order valence-electron chi connectivity index (χ0n) is 17.9. The number of carbonyl (C=O) groups excluding carboxylic acids is 1. The van der Waals surface area contributed by atoms with Crippen LogP contribution in [0.25, 0.3) is 0 Å². The van der Waals surface area contributed by atoms with Crippen LogP contribution < -0.4 is 0 Å². The van der Waals surface area contributed by atoms with Crippen molar-refractivity contribution in [3.8, 4) is 0 Å². The van der Waals surface area contributed by atoms with Gasteiger partial charge < -0.3 is 19.5 Å². The average Bonchev–Trinajstić information content (AvgIpc) is 3.20. The molecule has 0 aliphatic carbocycles. The number of alkyl halides is 3. The average molecular weight is 458 g/mol. The summed E-state index contributed by atoms with van der Waals surface area (Å²) in [5, 5.41) is 7.12. The van der Waals surface area contributed by atoms with E-state index in [0.29, 0.717) is 19.8 Å². The predicted molar refractivity (Wildman–Crippen MR) is 109 cm³/mol. The largest absolute Gasteiger partial charge is 0.490 e. The minimum atomic E-state index is -5.08. The number of halogens is 3. The number of hydrogen-bond donors (Lipinski definition) is 1. The molecule has 4 rings (SSSR count). The van der Waals surface area contributed by atoms with Crippen LogP contribution in [0, 0.1) is 5.92 Å². The number of piperidine rings is 1. The maximum Gasteiger partial charge on any atom is 0.490 e. The van der Waals surface area contributed by atoms with Gasteiger partial charge in [-0.15, -0.1) is 0 Å². The summed E-state index contributed by atoms with van der Waals surface area (Å²) in [7, 11) is 0. The van der Waals surface area contributed by atoms with E-state index in [1.54, 1.807) is 0 Å². The molecular formula is C22H29F3N2O5. The SMILES string of the molecule is O=C(C1COC2(CCN(Cc3ccccc3)CC2)C1)N1CCOCC1.O=C(O)C(F)(F)F. The zero-order valence-corrected chi connectivity index (χ0v) is 17.9. The van der Waals surface area contributed by atoms with Crippen molar-refractivity contribution in [2.45, 2.75) is 37.6 Å². The number of nitrogens with zero attached hydrogens (tertiary/aromatic N) is 2. The number of carboxylic acids is 1. The van der Waals surface area contributed by atoms with Crippen LogP contribution in [-0.4, -0.2) is 84.6 Å². The van der Waals surface area contributed by atoms with E-state index in [9.17, 15) is 18.0 Å². The zero-order chi connectivity index (χ0) is 23.2. The van der Waals surface area contributed by atoms with Crippen LogP contribution in [0.1, 0.15) is 24.8 Å². The Kier molecular flexibility index (Phi) is 8.13. The molecular weight excluding hydrogens is 429 g/mol. The Balaban J connectivity index is 0.000000360. The van der Waals surface area contributed by atoms with Crippen molar-refractivity contribution in [1.29, 1.82) is 0 Å². The number of benzene rings is 1. The summed E-state index contributed by atoms with van der Waals surface area (Å²) in [5.74, 6) is -2.45. The molecule has 3 aliphatic rings. The molecule has 32 heavy (non-hydrogen) atoms.